The van der Waals surface area contributed by atoms with Crippen LogP contribution in [0.3, 0.4) is 0 Å². The standard InChI is InChI=1S/C16H20FN3O2S/c1-18-5-7-19(8-6-18)14(21)10-20-15(22)11-23-16(20)12-3-2-4-13(17)9-12/h2-4,9,16H,5-8,10-11H2,1H3/p+1/t16-/m1/s1. The highest BCUT2D eigenvalue weighted by molar-refractivity contribution is 8.00. The van der Waals surface area contributed by atoms with E-state index in [-0.39, 0.29) is 29.6 Å². The summed E-state index contributed by atoms with van der Waals surface area (Å²) in [6.07, 6.45) is 0. The van der Waals surface area contributed by atoms with E-state index in [0.717, 1.165) is 31.7 Å². The number of amides is 2. The van der Waals surface area contributed by atoms with Crippen LogP contribution < -0.4 is 4.90 Å². The number of piperazine rings is 1. The molecule has 2 fully saturated rings. The second-order valence-electron chi connectivity index (χ2n) is 6.08. The monoisotopic (exact) mass is 338 g/mol. The second kappa shape index (κ2) is 6.88. The van der Waals surface area contributed by atoms with E-state index >= 15 is 0 Å². The lowest BCUT2D eigenvalue weighted by Crippen LogP contribution is -3.12. The average Bonchev–Trinajstić information content (AvgIpc) is 2.89. The maximum absolute atomic E-state index is 13.4. The number of nitrogens with one attached hydrogen (secondary N) is 1. The molecule has 7 heteroatoms. The lowest BCUT2D eigenvalue weighted by Gasteiger charge is -2.32. The molecule has 2 aliphatic rings. The first-order valence-corrected chi connectivity index (χ1v) is 8.85. The van der Waals surface area contributed by atoms with Gasteiger partial charge in [-0.2, -0.15) is 0 Å². The lowest BCUT2D eigenvalue weighted by atomic mass is 10.2. The van der Waals surface area contributed by atoms with Gasteiger partial charge in [0.1, 0.15) is 17.7 Å². The summed E-state index contributed by atoms with van der Waals surface area (Å²) in [5, 5.41) is -0.278. The molecule has 3 rings (SSSR count). The Balaban J connectivity index is 1.69. The highest BCUT2D eigenvalue weighted by Crippen LogP contribution is 2.38. The van der Waals surface area contributed by atoms with Gasteiger partial charge in [-0.3, -0.25) is 9.59 Å². The van der Waals surface area contributed by atoms with E-state index in [2.05, 4.69) is 7.05 Å². The molecule has 1 N–H and O–H groups in total. The number of thioether (sulfide) groups is 1. The molecule has 0 unspecified atom stereocenters. The Morgan fingerprint density at radius 1 is 1.39 bits per heavy atom. The summed E-state index contributed by atoms with van der Waals surface area (Å²) in [5.41, 5.74) is 0.733. The second-order valence-corrected chi connectivity index (χ2v) is 7.15. The molecule has 0 radical (unpaired) electrons. The molecule has 0 spiro atoms. The van der Waals surface area contributed by atoms with Gasteiger partial charge in [-0.25, -0.2) is 4.39 Å². The van der Waals surface area contributed by atoms with Gasteiger partial charge in [0, 0.05) is 0 Å². The SMILES string of the molecule is C[NH+]1CCN(C(=O)CN2C(=O)CS[C@@H]2c2cccc(F)c2)CC1. The smallest absolute Gasteiger partial charge is 0.242 e. The van der Waals surface area contributed by atoms with Crippen molar-refractivity contribution in [3.05, 3.63) is 35.6 Å². The predicted molar refractivity (Wildman–Crippen MR) is 86.5 cm³/mol. The third-order valence-electron chi connectivity index (χ3n) is 4.38. The average molecular weight is 338 g/mol. The van der Waals surface area contributed by atoms with Gasteiger partial charge in [0.05, 0.1) is 39.0 Å². The number of hydrogen-bond donors (Lipinski definition) is 1. The lowest BCUT2D eigenvalue weighted by molar-refractivity contribution is -0.883. The molecule has 23 heavy (non-hydrogen) atoms. The largest absolute Gasteiger partial charge is 0.334 e. The number of quaternary nitrogens is 1. The molecule has 0 aliphatic carbocycles. The van der Waals surface area contributed by atoms with Crippen molar-refractivity contribution in [1.82, 2.24) is 9.80 Å². The minimum atomic E-state index is -0.323. The van der Waals surface area contributed by atoms with Gasteiger partial charge in [0.25, 0.3) is 0 Å². The van der Waals surface area contributed by atoms with Crippen molar-refractivity contribution in [2.24, 2.45) is 0 Å². The minimum absolute atomic E-state index is 0.0187. The third-order valence-corrected chi connectivity index (χ3v) is 5.63. The van der Waals surface area contributed by atoms with Crippen LogP contribution >= 0.6 is 11.8 Å². The van der Waals surface area contributed by atoms with Gasteiger partial charge in [-0.15, -0.1) is 11.8 Å². The Bertz CT molecular complexity index is 605. The molecule has 0 aromatic heterocycles. The molecular weight excluding hydrogens is 317 g/mol. The van der Waals surface area contributed by atoms with Crippen LogP contribution in [0.4, 0.5) is 4.39 Å². The molecule has 1 aromatic carbocycles. The quantitative estimate of drug-likeness (QED) is 0.827. The zero-order valence-corrected chi connectivity index (χ0v) is 13.9. The van der Waals surface area contributed by atoms with Gasteiger partial charge in [0.15, 0.2) is 0 Å². The fourth-order valence-electron chi connectivity index (χ4n) is 2.94. The van der Waals surface area contributed by atoms with Crippen LogP contribution in [-0.2, 0) is 9.59 Å². The summed E-state index contributed by atoms with van der Waals surface area (Å²) in [4.78, 5) is 29.5. The maximum Gasteiger partial charge on any atom is 0.242 e. The first-order chi connectivity index (χ1) is 11.0. The van der Waals surface area contributed by atoms with E-state index < -0.39 is 0 Å². The van der Waals surface area contributed by atoms with Crippen molar-refractivity contribution in [1.29, 1.82) is 0 Å². The van der Waals surface area contributed by atoms with Crippen LogP contribution in [-0.4, -0.2) is 67.1 Å². The van der Waals surface area contributed by atoms with E-state index in [1.807, 2.05) is 4.90 Å². The zero-order valence-electron chi connectivity index (χ0n) is 13.1. The Morgan fingerprint density at radius 2 is 2.13 bits per heavy atom. The van der Waals surface area contributed by atoms with Gasteiger partial charge in [-0.05, 0) is 17.7 Å². The number of carbonyl (C=O) groups excluding carboxylic acids is 2. The highest BCUT2D eigenvalue weighted by atomic mass is 32.2. The van der Waals surface area contributed by atoms with Gasteiger partial charge < -0.3 is 14.7 Å². The summed E-state index contributed by atoms with van der Waals surface area (Å²) in [7, 11) is 2.11. The Morgan fingerprint density at radius 3 is 2.83 bits per heavy atom. The third kappa shape index (κ3) is 3.67. The number of halogens is 1. The van der Waals surface area contributed by atoms with E-state index in [1.54, 1.807) is 17.0 Å². The number of hydrogen-bond acceptors (Lipinski definition) is 3. The number of benzene rings is 1. The van der Waals surface area contributed by atoms with E-state index in [1.165, 1.54) is 28.8 Å². The maximum atomic E-state index is 13.4. The van der Waals surface area contributed by atoms with Crippen molar-refractivity contribution < 1.29 is 18.9 Å². The number of rotatable bonds is 3. The summed E-state index contributed by atoms with van der Waals surface area (Å²) in [6, 6.07) is 6.26. The van der Waals surface area contributed by atoms with Gasteiger partial charge in [0.2, 0.25) is 11.8 Å². The van der Waals surface area contributed by atoms with Crippen LogP contribution in [0.1, 0.15) is 10.9 Å². The topological polar surface area (TPSA) is 45.1 Å². The Labute approximate surface area is 139 Å². The Kier molecular flexibility index (Phi) is 4.87. The zero-order chi connectivity index (χ0) is 16.4. The van der Waals surface area contributed by atoms with E-state index in [0.29, 0.717) is 5.75 Å². The molecule has 2 heterocycles. The molecule has 124 valence electrons. The fourth-order valence-corrected chi connectivity index (χ4v) is 4.12. The predicted octanol–water partition coefficient (Wildman–Crippen LogP) is -0.243. The number of carbonyl (C=O) groups is 2. The molecule has 0 saturated carbocycles. The van der Waals surface area contributed by atoms with E-state index in [9.17, 15) is 14.0 Å². The van der Waals surface area contributed by atoms with Gasteiger partial charge in [-0.1, -0.05) is 12.1 Å². The molecule has 2 amide bonds. The molecule has 0 bridgehead atoms. The van der Waals surface area contributed by atoms with Crippen LogP contribution in [0.2, 0.25) is 0 Å². The molecule has 2 aliphatic heterocycles. The summed E-state index contributed by atoms with van der Waals surface area (Å²) < 4.78 is 13.4. The number of likely N-dealkylation sites (N-methyl/N-ethyl adjacent to an activating group) is 1. The number of nitrogens with zero attached hydrogens (tertiary/aromatic N) is 2. The minimum Gasteiger partial charge on any atom is -0.334 e. The van der Waals surface area contributed by atoms with Crippen molar-refractivity contribution in [2.45, 2.75) is 5.37 Å². The van der Waals surface area contributed by atoms with Crippen LogP contribution in [0.5, 0.6) is 0 Å². The highest BCUT2D eigenvalue weighted by Gasteiger charge is 2.35. The van der Waals surface area contributed by atoms with Crippen molar-refractivity contribution in [2.75, 3.05) is 45.5 Å². The van der Waals surface area contributed by atoms with Crippen molar-refractivity contribution in [3.8, 4) is 0 Å². The van der Waals surface area contributed by atoms with Crippen LogP contribution in [0.15, 0.2) is 24.3 Å². The first kappa shape index (κ1) is 16.3. The summed E-state index contributed by atoms with van der Waals surface area (Å²) in [5.74, 6) is -0.0654. The summed E-state index contributed by atoms with van der Waals surface area (Å²) >= 11 is 1.44. The molecule has 1 aromatic rings. The molecule has 2 saturated heterocycles. The van der Waals surface area contributed by atoms with E-state index in [4.69, 9.17) is 0 Å². The van der Waals surface area contributed by atoms with Gasteiger partial charge >= 0.3 is 0 Å². The Hall–Kier alpha value is -1.60. The normalized spacial score (nSPS) is 22.7. The molecule has 1 atom stereocenters. The molecule has 5 nitrogen and oxygen atoms in total. The molecular formula is C16H21FN3O2S+. The fraction of sp³-hybridized carbons (Fsp3) is 0.500. The van der Waals surface area contributed by atoms with Crippen LogP contribution in [0.25, 0.3) is 0 Å². The van der Waals surface area contributed by atoms with Crippen molar-refractivity contribution >= 4 is 23.6 Å². The first-order valence-electron chi connectivity index (χ1n) is 7.80. The van der Waals surface area contributed by atoms with Crippen LogP contribution in [0, 0.1) is 5.82 Å². The summed E-state index contributed by atoms with van der Waals surface area (Å²) in [6.45, 7) is 3.39. The van der Waals surface area contributed by atoms with Crippen molar-refractivity contribution in [3.63, 3.8) is 0 Å².